The summed E-state index contributed by atoms with van der Waals surface area (Å²) in [5, 5.41) is 118. The number of amides is 1. The van der Waals surface area contributed by atoms with Gasteiger partial charge in [0.1, 0.15) is 30.4 Å². The van der Waals surface area contributed by atoms with Gasteiger partial charge in [0, 0.05) is 96.3 Å². The molecule has 0 radical (unpaired) electrons. The minimum atomic E-state index is -1.74. The summed E-state index contributed by atoms with van der Waals surface area (Å²) in [5.74, 6) is 7.27. The second kappa shape index (κ2) is 20.6. The van der Waals surface area contributed by atoms with Gasteiger partial charge in [-0.25, -0.2) is 9.97 Å². The van der Waals surface area contributed by atoms with Gasteiger partial charge < -0.3 is 87.1 Å². The summed E-state index contributed by atoms with van der Waals surface area (Å²) in [6.45, 7) is 8.12. The van der Waals surface area contributed by atoms with Crippen LogP contribution in [0.5, 0.6) is 0 Å². The molecule has 28 atom stereocenters. The lowest BCUT2D eigenvalue weighted by molar-refractivity contribution is -0.346. The monoisotopic (exact) mass is 1160 g/mol. The maximum absolute atomic E-state index is 16.0. The number of ether oxygens (including phenoxy) is 2. The van der Waals surface area contributed by atoms with Gasteiger partial charge in [0.2, 0.25) is 5.91 Å². The van der Waals surface area contributed by atoms with Crippen molar-refractivity contribution >= 4 is 17.7 Å². The number of hydrogen-bond donors (Lipinski definition) is 15. The molecule has 458 valence electrons. The van der Waals surface area contributed by atoms with Crippen LogP contribution in [-0.2, 0) is 25.5 Å². The first-order valence-corrected chi connectivity index (χ1v) is 31.1. The predicted molar refractivity (Wildman–Crippen MR) is 303 cm³/mol. The molecule has 2 aromatic rings. The SMILES string of the molecule is CNC[C@@H]([C@H](O)[C@@H](c1cnc[nH]1)[C@H]1NC(=O)[C@]23CCC[C@H]2C#C[C@@H]2C=C4[C@@H]5C[C@@](C)(CO)CC[C@]5(C(=O)O)[C@H]5CNc6nc[nH]c6C[C@@H]5[C@]45CCC#C[C@H]([C@H]13)[C@@H]1[C@@H](O)[C@@H](O[C@@H]3OC[C@@H](O)[C@H](O)[C@H]3O)[C@@](C)(CO)[C@H]3CC[C@]5(C)[C@H]2[C@@]13C)[C@@H](N)O. The van der Waals surface area contributed by atoms with Gasteiger partial charge in [0.05, 0.1) is 60.7 Å². The summed E-state index contributed by atoms with van der Waals surface area (Å²) in [6, 6.07) is -0.928. The molecular weight excluding hydrogens is 1080 g/mol. The quantitative estimate of drug-likeness (QED) is 0.0614. The van der Waals surface area contributed by atoms with Crippen molar-refractivity contribution in [3.63, 3.8) is 0 Å². The number of hydrogen-bond acceptors (Lipinski definition) is 17. The molecule has 3 aliphatic heterocycles. The fraction of sp³-hybridized carbons (Fsp3) is 0.778. The van der Waals surface area contributed by atoms with Crippen LogP contribution in [-0.4, -0.2) is 173 Å². The maximum atomic E-state index is 16.0. The van der Waals surface area contributed by atoms with Crippen molar-refractivity contribution in [2.24, 2.45) is 109 Å². The minimum absolute atomic E-state index is 0.115. The lowest BCUT2D eigenvalue weighted by Crippen LogP contribution is -2.76. The molecule has 5 bridgehead atoms. The number of rotatable bonds is 12. The first-order chi connectivity index (χ1) is 40.1. The van der Waals surface area contributed by atoms with Crippen molar-refractivity contribution in [1.29, 1.82) is 0 Å². The minimum Gasteiger partial charge on any atom is -0.481 e. The number of aromatic nitrogens is 4. The number of anilines is 1. The van der Waals surface area contributed by atoms with E-state index in [4.69, 9.17) is 20.2 Å². The Kier molecular flexibility index (Phi) is 14.3. The van der Waals surface area contributed by atoms with Crippen LogP contribution in [0.3, 0.4) is 0 Å². The lowest BCUT2D eigenvalue weighted by Gasteiger charge is -2.77. The van der Waals surface area contributed by atoms with Crippen molar-refractivity contribution in [3.05, 3.63) is 41.9 Å². The summed E-state index contributed by atoms with van der Waals surface area (Å²) in [5.41, 5.74) is 1.76. The highest BCUT2D eigenvalue weighted by Gasteiger charge is 2.80. The number of imidazole rings is 2. The zero-order chi connectivity index (χ0) is 59.4. The Labute approximate surface area is 490 Å². The van der Waals surface area contributed by atoms with Gasteiger partial charge in [-0.1, -0.05) is 63.5 Å². The number of carboxylic acids is 1. The zero-order valence-electron chi connectivity index (χ0n) is 48.9. The fourth-order valence-corrected chi connectivity index (χ4v) is 22.3. The fourth-order valence-electron chi connectivity index (χ4n) is 22.3. The molecule has 2 saturated heterocycles. The second-order valence-corrected chi connectivity index (χ2v) is 28.9. The number of aliphatic hydroxyl groups is 8. The summed E-state index contributed by atoms with van der Waals surface area (Å²) < 4.78 is 13.0. The van der Waals surface area contributed by atoms with Gasteiger partial charge in [-0.15, -0.1) is 5.92 Å². The van der Waals surface area contributed by atoms with Gasteiger partial charge in [-0.05, 0) is 111 Å². The van der Waals surface area contributed by atoms with Gasteiger partial charge in [0.15, 0.2) is 6.29 Å². The van der Waals surface area contributed by atoms with Crippen LogP contribution < -0.4 is 21.7 Å². The van der Waals surface area contributed by atoms with Crippen LogP contribution in [0.2, 0.25) is 0 Å². The summed E-state index contributed by atoms with van der Waals surface area (Å²) in [7, 11) is 1.70. The normalized spacial score (nSPS) is 49.0. The Bertz CT molecular complexity index is 3050. The molecule has 7 fully saturated rings. The van der Waals surface area contributed by atoms with Crippen LogP contribution in [0.15, 0.2) is 30.5 Å². The maximum Gasteiger partial charge on any atom is 0.310 e. The number of aliphatic carboxylic acids is 1. The van der Waals surface area contributed by atoms with E-state index in [1.807, 2.05) is 6.92 Å². The molecule has 21 heteroatoms. The van der Waals surface area contributed by atoms with Crippen LogP contribution >= 0.6 is 0 Å². The molecule has 0 unspecified atom stereocenters. The average Bonchev–Trinajstić information content (AvgIpc) is 0.757. The first kappa shape index (κ1) is 58.6. The van der Waals surface area contributed by atoms with E-state index in [1.165, 1.54) is 6.33 Å². The largest absolute Gasteiger partial charge is 0.481 e. The Morgan fingerprint density at radius 2 is 1.75 bits per heavy atom. The third kappa shape index (κ3) is 7.72. The van der Waals surface area contributed by atoms with Crippen molar-refractivity contribution in [2.45, 2.75) is 159 Å². The lowest BCUT2D eigenvalue weighted by atomic mass is 9.26. The number of carbonyl (C=O) groups excluding carboxylic acids is 1. The molecule has 2 aromatic heterocycles. The van der Waals surface area contributed by atoms with E-state index in [-0.39, 0.29) is 31.6 Å². The van der Waals surface area contributed by atoms with E-state index in [2.05, 4.69) is 81.4 Å². The number of H-pyrrole nitrogens is 2. The van der Waals surface area contributed by atoms with Crippen LogP contribution in [0.1, 0.15) is 109 Å². The molecule has 5 heterocycles. The van der Waals surface area contributed by atoms with Crippen LogP contribution in [0.25, 0.3) is 0 Å². The first-order valence-electron chi connectivity index (χ1n) is 31.1. The highest BCUT2D eigenvalue weighted by atomic mass is 16.7. The highest BCUT2D eigenvalue weighted by molar-refractivity contribution is 5.88. The number of carbonyl (C=O) groups is 2. The molecule has 8 aliphatic carbocycles. The van der Waals surface area contributed by atoms with Crippen molar-refractivity contribution in [2.75, 3.05) is 45.3 Å². The Morgan fingerprint density at radius 1 is 0.952 bits per heavy atom. The standard InChI is InChI=1S/C63H88N8O13/c1-57(26-72)17-18-62(56(81)82)36(21-57)34-19-30-11-12-31-9-8-14-61(31)43(45(71-55(61)80)42(39-24-66-28-68-39)46(75)33(22-65-5)52(64)79)32-10-6-7-15-63(34,35-20-38-53(70-29-69-38)67-23-37(35)62)59(3)16-13-41-58(2,27-73)51(48(77)44(32)60(41,4)50(30)59)84-54-49(78)47(76)40(74)25-83-54/h19,24,28-33,35-37,40-52,54,65,67,72-79H,7-9,13-18,20-23,25-27,64H2,1-5H3,(H,66,68)(H,69,70)(H,71,80)(H,81,82)/t30-,31+,32-,33+,35+,36+,37+,40-,41-,42+,43-,44-,45-,46+,47+,48-,49-,50+,51-,52+,54+,57+,58+,59-,60-,61-,62-,63+/m1/s1. The number of aliphatic hydroxyl groups excluding tert-OH is 8. The van der Waals surface area contributed by atoms with E-state index in [0.717, 1.165) is 11.3 Å². The zero-order valence-corrected chi connectivity index (χ0v) is 48.9. The summed E-state index contributed by atoms with van der Waals surface area (Å²) >= 11 is 0. The van der Waals surface area contributed by atoms with Crippen molar-refractivity contribution in [3.8, 4) is 23.7 Å². The Morgan fingerprint density at radius 3 is 2.46 bits per heavy atom. The highest BCUT2D eigenvalue weighted by Crippen LogP contribution is 2.82. The van der Waals surface area contributed by atoms with E-state index < -0.39 is 171 Å². The summed E-state index contributed by atoms with van der Waals surface area (Å²) in [6.07, 6.45) is 0.417. The average molecular weight is 1170 g/mol. The number of nitrogens with two attached hydrogens (primary N) is 1. The van der Waals surface area contributed by atoms with Crippen molar-refractivity contribution in [1.82, 2.24) is 30.6 Å². The summed E-state index contributed by atoms with van der Waals surface area (Å²) in [4.78, 5) is 46.8. The third-order valence-corrected chi connectivity index (χ3v) is 25.7. The number of nitrogens with one attached hydrogen (secondary N) is 5. The van der Waals surface area contributed by atoms with Gasteiger partial charge in [0.25, 0.3) is 0 Å². The van der Waals surface area contributed by atoms with E-state index in [1.54, 1.807) is 19.6 Å². The van der Waals surface area contributed by atoms with Crippen LogP contribution in [0.4, 0.5) is 5.82 Å². The molecule has 84 heavy (non-hydrogen) atoms. The number of nitrogens with zero attached hydrogens (tertiary/aromatic N) is 2. The predicted octanol–water partition coefficient (Wildman–Crippen LogP) is 1.20. The number of carboxylic acid groups (broad SMARTS) is 1. The molecule has 1 amide bonds. The van der Waals surface area contributed by atoms with Crippen LogP contribution in [0, 0.1) is 127 Å². The van der Waals surface area contributed by atoms with E-state index >= 15 is 4.79 Å². The Balaban J connectivity index is 1.12. The molecule has 11 aliphatic rings. The topological polar surface area (TPSA) is 354 Å². The van der Waals surface area contributed by atoms with E-state index in [9.17, 15) is 50.8 Å². The molecular formula is C63H88N8O13. The Hall–Kier alpha value is -4.46. The van der Waals surface area contributed by atoms with Gasteiger partial charge in [-0.2, -0.15) is 0 Å². The van der Waals surface area contributed by atoms with E-state index in [0.29, 0.717) is 88.7 Å². The molecule has 0 aromatic carbocycles. The molecule has 21 nitrogen and oxygen atoms in total. The van der Waals surface area contributed by atoms with Gasteiger partial charge >= 0.3 is 5.97 Å². The molecule has 2 spiro atoms. The van der Waals surface area contributed by atoms with Crippen molar-refractivity contribution < 1.29 is 65.0 Å². The smallest absolute Gasteiger partial charge is 0.310 e. The number of fused-ring (bicyclic) bond motifs is 6. The third-order valence-electron chi connectivity index (χ3n) is 25.7. The molecule has 5 saturated carbocycles. The molecule has 13 rings (SSSR count). The molecule has 16 N–H and O–H groups in total. The number of aromatic amines is 2. The van der Waals surface area contributed by atoms with Gasteiger partial charge in [-0.3, -0.25) is 9.59 Å². The second-order valence-electron chi connectivity index (χ2n) is 28.9. The number of allylic oxidation sites excluding steroid dienone is 2.